The third-order valence-corrected chi connectivity index (χ3v) is 2.92. The van der Waals surface area contributed by atoms with E-state index in [-0.39, 0.29) is 5.91 Å². The summed E-state index contributed by atoms with van der Waals surface area (Å²) in [6, 6.07) is 0. The summed E-state index contributed by atoms with van der Waals surface area (Å²) in [5.74, 6) is -0.236. The molecule has 1 amide bonds. The number of carbonyl (C=O) groups is 1. The summed E-state index contributed by atoms with van der Waals surface area (Å²) in [6.45, 7) is 6.88. The Morgan fingerprint density at radius 2 is 2.00 bits per heavy atom. The highest BCUT2D eigenvalue weighted by atomic mass is 16.3. The van der Waals surface area contributed by atoms with Crippen LogP contribution in [0.3, 0.4) is 0 Å². The van der Waals surface area contributed by atoms with Crippen LogP contribution < -0.4 is 5.32 Å². The summed E-state index contributed by atoms with van der Waals surface area (Å²) in [4.78, 5) is 11.8. The van der Waals surface area contributed by atoms with Crippen molar-refractivity contribution in [1.29, 1.82) is 0 Å². The average Bonchev–Trinajstić information content (AvgIpc) is 2.48. The van der Waals surface area contributed by atoms with E-state index < -0.39 is 11.1 Å². The molecule has 1 rings (SSSR count). The van der Waals surface area contributed by atoms with Crippen molar-refractivity contribution in [3.05, 3.63) is 18.0 Å². The summed E-state index contributed by atoms with van der Waals surface area (Å²) < 4.78 is 1.56. The third kappa shape index (κ3) is 2.61. The topological polar surface area (TPSA) is 67.2 Å². The molecule has 0 aliphatic carbocycles. The summed E-state index contributed by atoms with van der Waals surface area (Å²) in [5.41, 5.74) is -1.22. The van der Waals surface area contributed by atoms with Crippen molar-refractivity contribution in [2.24, 2.45) is 7.05 Å². The lowest BCUT2D eigenvalue weighted by molar-refractivity contribution is -0.00292. The van der Waals surface area contributed by atoms with Crippen LogP contribution in [-0.4, -0.2) is 31.9 Å². The van der Waals surface area contributed by atoms with Crippen LogP contribution >= 0.6 is 0 Å². The molecule has 0 saturated carbocycles. The molecule has 5 heteroatoms. The average molecular weight is 225 g/mol. The van der Waals surface area contributed by atoms with Gasteiger partial charge >= 0.3 is 0 Å². The minimum absolute atomic E-state index is 0.236. The van der Waals surface area contributed by atoms with Crippen LogP contribution in [-0.2, 0) is 7.05 Å². The van der Waals surface area contributed by atoms with E-state index in [0.717, 1.165) is 0 Å². The Balaban J connectivity index is 2.79. The van der Waals surface area contributed by atoms with Crippen LogP contribution in [0.15, 0.2) is 12.4 Å². The summed E-state index contributed by atoms with van der Waals surface area (Å²) in [5, 5.41) is 16.6. The first-order chi connectivity index (χ1) is 7.13. The number of nitrogens with zero attached hydrogens (tertiary/aromatic N) is 2. The molecule has 1 heterocycles. The van der Waals surface area contributed by atoms with Gasteiger partial charge in [0.2, 0.25) is 0 Å². The summed E-state index contributed by atoms with van der Waals surface area (Å²) in [7, 11) is 1.75. The van der Waals surface area contributed by atoms with E-state index >= 15 is 0 Å². The van der Waals surface area contributed by atoms with Crippen molar-refractivity contribution >= 4 is 5.91 Å². The fourth-order valence-electron chi connectivity index (χ4n) is 1.05. The van der Waals surface area contributed by atoms with E-state index in [2.05, 4.69) is 10.4 Å². The molecule has 1 aromatic rings. The number of nitrogens with one attached hydrogen (secondary N) is 1. The molecule has 90 valence electrons. The van der Waals surface area contributed by atoms with Crippen molar-refractivity contribution in [2.75, 3.05) is 0 Å². The monoisotopic (exact) mass is 225 g/mol. The van der Waals surface area contributed by atoms with Crippen LogP contribution in [0, 0.1) is 0 Å². The highest BCUT2D eigenvalue weighted by Crippen LogP contribution is 2.20. The molecule has 0 bridgehead atoms. The first kappa shape index (κ1) is 12.7. The van der Waals surface area contributed by atoms with E-state index in [9.17, 15) is 9.90 Å². The molecule has 2 N–H and O–H groups in total. The van der Waals surface area contributed by atoms with Gasteiger partial charge in [-0.3, -0.25) is 9.48 Å². The van der Waals surface area contributed by atoms with Crippen molar-refractivity contribution in [1.82, 2.24) is 15.1 Å². The SMILES string of the molecule is Cn1cc(C(=O)NC(C)(C)C(C)(C)O)cn1. The number of hydrogen-bond donors (Lipinski definition) is 2. The lowest BCUT2D eigenvalue weighted by atomic mass is 9.86. The van der Waals surface area contributed by atoms with E-state index in [0.29, 0.717) is 5.56 Å². The van der Waals surface area contributed by atoms with Gasteiger partial charge in [0.05, 0.1) is 22.9 Å². The highest BCUT2D eigenvalue weighted by molar-refractivity contribution is 5.94. The second-order valence-electron chi connectivity index (χ2n) is 5.04. The van der Waals surface area contributed by atoms with Crippen LogP contribution in [0.4, 0.5) is 0 Å². The molecule has 0 saturated heterocycles. The second-order valence-corrected chi connectivity index (χ2v) is 5.04. The number of aryl methyl sites for hydroxylation is 1. The molecule has 0 spiro atoms. The minimum atomic E-state index is -0.995. The fraction of sp³-hybridized carbons (Fsp3) is 0.636. The van der Waals surface area contributed by atoms with E-state index in [1.54, 1.807) is 45.6 Å². The van der Waals surface area contributed by atoms with Gasteiger partial charge < -0.3 is 10.4 Å². The maximum atomic E-state index is 11.8. The number of aliphatic hydroxyl groups is 1. The van der Waals surface area contributed by atoms with Crippen LogP contribution in [0.2, 0.25) is 0 Å². The van der Waals surface area contributed by atoms with Gasteiger partial charge in [-0.15, -0.1) is 0 Å². The van der Waals surface area contributed by atoms with Crippen molar-refractivity contribution in [3.63, 3.8) is 0 Å². The number of rotatable bonds is 3. The van der Waals surface area contributed by atoms with E-state index in [1.165, 1.54) is 6.20 Å². The molecule has 0 aliphatic rings. The zero-order valence-corrected chi connectivity index (χ0v) is 10.4. The molecule has 0 fully saturated rings. The molecular weight excluding hydrogens is 206 g/mol. The quantitative estimate of drug-likeness (QED) is 0.795. The molecule has 0 aromatic carbocycles. The molecule has 1 aromatic heterocycles. The van der Waals surface area contributed by atoms with Gasteiger partial charge in [-0.1, -0.05) is 0 Å². The van der Waals surface area contributed by atoms with Crippen LogP contribution in [0.1, 0.15) is 38.1 Å². The molecule has 16 heavy (non-hydrogen) atoms. The molecule has 0 unspecified atom stereocenters. The first-order valence-electron chi connectivity index (χ1n) is 5.17. The molecular formula is C11H19N3O2. The van der Waals surface area contributed by atoms with Gasteiger partial charge in [-0.05, 0) is 27.7 Å². The minimum Gasteiger partial charge on any atom is -0.388 e. The Bertz CT molecular complexity index is 388. The van der Waals surface area contributed by atoms with Gasteiger partial charge in [0.15, 0.2) is 0 Å². The smallest absolute Gasteiger partial charge is 0.254 e. The zero-order valence-electron chi connectivity index (χ0n) is 10.4. The van der Waals surface area contributed by atoms with Gasteiger partial charge in [0.1, 0.15) is 0 Å². The molecule has 0 radical (unpaired) electrons. The number of hydrogen-bond acceptors (Lipinski definition) is 3. The van der Waals surface area contributed by atoms with E-state index in [4.69, 9.17) is 0 Å². The van der Waals surface area contributed by atoms with Gasteiger partial charge in [-0.2, -0.15) is 5.10 Å². The largest absolute Gasteiger partial charge is 0.388 e. The Morgan fingerprint density at radius 3 is 2.38 bits per heavy atom. The number of amides is 1. The second kappa shape index (κ2) is 3.90. The number of aromatic nitrogens is 2. The standard InChI is InChI=1S/C11H19N3O2/c1-10(2,11(3,4)16)13-9(15)8-6-12-14(5)7-8/h6-7,16H,1-5H3,(H,13,15). The predicted octanol–water partition coefficient (Wildman–Crippen LogP) is 0.699. The highest BCUT2D eigenvalue weighted by Gasteiger charge is 2.36. The van der Waals surface area contributed by atoms with Gasteiger partial charge in [0, 0.05) is 13.2 Å². The fourth-order valence-corrected chi connectivity index (χ4v) is 1.05. The third-order valence-electron chi connectivity index (χ3n) is 2.92. The van der Waals surface area contributed by atoms with Crippen LogP contribution in [0.25, 0.3) is 0 Å². The number of carbonyl (C=O) groups excluding carboxylic acids is 1. The van der Waals surface area contributed by atoms with Crippen molar-refractivity contribution in [3.8, 4) is 0 Å². The molecule has 0 atom stereocenters. The summed E-state index contributed by atoms with van der Waals surface area (Å²) in [6.07, 6.45) is 3.13. The zero-order chi connectivity index (χ0) is 12.6. The lowest BCUT2D eigenvalue weighted by Gasteiger charge is -2.37. The van der Waals surface area contributed by atoms with Crippen LogP contribution in [0.5, 0.6) is 0 Å². The Labute approximate surface area is 95.5 Å². The lowest BCUT2D eigenvalue weighted by Crippen LogP contribution is -2.57. The Morgan fingerprint density at radius 1 is 1.44 bits per heavy atom. The maximum absolute atomic E-state index is 11.8. The van der Waals surface area contributed by atoms with Gasteiger partial charge in [-0.25, -0.2) is 0 Å². The van der Waals surface area contributed by atoms with E-state index in [1.807, 2.05) is 0 Å². The molecule has 0 aliphatic heterocycles. The first-order valence-corrected chi connectivity index (χ1v) is 5.17. The Hall–Kier alpha value is -1.36. The molecule has 5 nitrogen and oxygen atoms in total. The van der Waals surface area contributed by atoms with Crippen molar-refractivity contribution in [2.45, 2.75) is 38.8 Å². The normalized spacial score (nSPS) is 12.6. The van der Waals surface area contributed by atoms with Crippen molar-refractivity contribution < 1.29 is 9.90 Å². The maximum Gasteiger partial charge on any atom is 0.254 e. The Kier molecular flexibility index (Phi) is 3.10. The predicted molar refractivity (Wildman–Crippen MR) is 61.1 cm³/mol. The van der Waals surface area contributed by atoms with Gasteiger partial charge in [0.25, 0.3) is 5.91 Å². The summed E-state index contributed by atoms with van der Waals surface area (Å²) >= 11 is 0.